The number of hydrogen-bond acceptors (Lipinski definition) is 5. The van der Waals surface area contributed by atoms with Crippen molar-refractivity contribution in [3.63, 3.8) is 0 Å². The number of unbranched alkanes of at least 4 members (excludes halogenated alkanes) is 1. The van der Waals surface area contributed by atoms with Gasteiger partial charge in [0.05, 0.1) is 0 Å². The molecule has 0 saturated heterocycles. The zero-order valence-corrected chi connectivity index (χ0v) is 14.7. The van der Waals surface area contributed by atoms with Crippen molar-refractivity contribution in [3.8, 4) is 0 Å². The first kappa shape index (κ1) is 19.5. The average Bonchev–Trinajstić information content (AvgIpc) is 2.61. The highest BCUT2D eigenvalue weighted by atomic mass is 33.1. The molecule has 122 valence electrons. The summed E-state index contributed by atoms with van der Waals surface area (Å²) >= 11 is 0. The van der Waals surface area contributed by atoms with Crippen LogP contribution in [0.3, 0.4) is 0 Å². The number of carbonyl (C=O) groups excluding carboxylic acids is 2. The summed E-state index contributed by atoms with van der Waals surface area (Å²) in [5.74, 6) is 0. The third-order valence-corrected chi connectivity index (χ3v) is 5.38. The lowest BCUT2D eigenvalue weighted by Gasteiger charge is -2.05. The van der Waals surface area contributed by atoms with Crippen LogP contribution in [0.5, 0.6) is 0 Å². The van der Waals surface area contributed by atoms with E-state index in [1.54, 1.807) is 12.1 Å². The Morgan fingerprint density at radius 3 is 1.61 bits per heavy atom. The Labute approximate surface area is 145 Å². The molecular weight excluding hydrogens is 326 g/mol. The molecule has 0 saturated carbocycles. The minimum absolute atomic E-state index is 0.665. The molecule has 5 heteroatoms. The molecule has 3 nitrogen and oxygen atoms in total. The zero-order valence-electron chi connectivity index (χ0n) is 13.1. The average molecular weight is 348 g/mol. The number of nitrogens with two attached hydrogens (primary N) is 1. The fourth-order valence-corrected chi connectivity index (χ4v) is 3.92. The minimum Gasteiger partial charge on any atom is -0.330 e. The van der Waals surface area contributed by atoms with Crippen molar-refractivity contribution in [1.82, 2.24) is 0 Å². The smallest absolute Gasteiger partial charge is 0.151 e. The van der Waals surface area contributed by atoms with Gasteiger partial charge in [0.1, 0.15) is 0 Å². The second-order valence-corrected chi connectivity index (χ2v) is 6.83. The SMILES string of the molecule is CCCCN.O=Cc1ccccc1SSc1ccccc1C=O. The molecule has 2 aromatic rings. The fraction of sp³-hybridized carbons (Fsp3) is 0.222. The van der Waals surface area contributed by atoms with E-state index >= 15 is 0 Å². The third-order valence-electron chi connectivity index (χ3n) is 2.87. The highest BCUT2D eigenvalue weighted by Crippen LogP contribution is 2.39. The lowest BCUT2D eigenvalue weighted by Crippen LogP contribution is -1.95. The molecule has 23 heavy (non-hydrogen) atoms. The number of hydrogen-bond donors (Lipinski definition) is 1. The molecule has 0 bridgehead atoms. The Balaban J connectivity index is 0.000000463. The fourth-order valence-electron chi connectivity index (χ4n) is 1.60. The van der Waals surface area contributed by atoms with Gasteiger partial charge in [-0.1, -0.05) is 71.3 Å². The predicted octanol–water partition coefficient (Wildman–Crippen LogP) is 4.86. The van der Waals surface area contributed by atoms with Crippen LogP contribution >= 0.6 is 21.6 Å². The summed E-state index contributed by atoms with van der Waals surface area (Å²) in [6, 6.07) is 14.8. The van der Waals surface area contributed by atoms with Gasteiger partial charge in [0.2, 0.25) is 0 Å². The number of rotatable bonds is 7. The van der Waals surface area contributed by atoms with Gasteiger partial charge in [0.25, 0.3) is 0 Å². The molecule has 2 rings (SSSR count). The Morgan fingerprint density at radius 2 is 1.30 bits per heavy atom. The summed E-state index contributed by atoms with van der Waals surface area (Å²) in [6.45, 7) is 2.98. The van der Waals surface area contributed by atoms with Crippen LogP contribution in [-0.2, 0) is 0 Å². The van der Waals surface area contributed by atoms with Crippen molar-refractivity contribution in [2.75, 3.05) is 6.54 Å². The van der Waals surface area contributed by atoms with E-state index in [4.69, 9.17) is 5.73 Å². The van der Waals surface area contributed by atoms with Crippen molar-refractivity contribution in [3.05, 3.63) is 59.7 Å². The maximum Gasteiger partial charge on any atom is 0.151 e. The molecule has 0 unspecified atom stereocenters. The molecule has 0 aromatic heterocycles. The van der Waals surface area contributed by atoms with E-state index in [-0.39, 0.29) is 0 Å². The molecule has 0 amide bonds. The largest absolute Gasteiger partial charge is 0.330 e. The van der Waals surface area contributed by atoms with Gasteiger partial charge >= 0.3 is 0 Å². The Morgan fingerprint density at radius 1 is 0.870 bits per heavy atom. The lowest BCUT2D eigenvalue weighted by molar-refractivity contribution is 0.111. The van der Waals surface area contributed by atoms with Gasteiger partial charge in [-0.2, -0.15) is 0 Å². The molecule has 2 aromatic carbocycles. The van der Waals surface area contributed by atoms with E-state index in [1.165, 1.54) is 34.4 Å². The van der Waals surface area contributed by atoms with Crippen molar-refractivity contribution >= 4 is 34.2 Å². The summed E-state index contributed by atoms with van der Waals surface area (Å²) in [7, 11) is 2.96. The van der Waals surface area contributed by atoms with E-state index in [1.807, 2.05) is 36.4 Å². The van der Waals surface area contributed by atoms with Gasteiger partial charge in [0.15, 0.2) is 12.6 Å². The second-order valence-electron chi connectivity index (χ2n) is 4.62. The van der Waals surface area contributed by atoms with Crippen LogP contribution in [0.15, 0.2) is 58.3 Å². The Bertz CT molecular complexity index is 564. The third kappa shape index (κ3) is 7.03. The van der Waals surface area contributed by atoms with Crippen LogP contribution < -0.4 is 5.73 Å². The number of aldehydes is 2. The molecule has 0 fully saturated rings. The summed E-state index contributed by atoms with van der Waals surface area (Å²) in [5.41, 5.74) is 6.47. The molecule has 0 aliphatic rings. The van der Waals surface area contributed by atoms with Gasteiger partial charge in [-0.25, -0.2) is 0 Å². The van der Waals surface area contributed by atoms with Crippen molar-refractivity contribution in [2.24, 2.45) is 5.73 Å². The maximum absolute atomic E-state index is 10.9. The molecule has 0 atom stereocenters. The van der Waals surface area contributed by atoms with E-state index in [0.29, 0.717) is 11.1 Å². The highest BCUT2D eigenvalue weighted by Gasteiger charge is 2.05. The second kappa shape index (κ2) is 11.9. The van der Waals surface area contributed by atoms with E-state index < -0.39 is 0 Å². The van der Waals surface area contributed by atoms with Crippen LogP contribution in [0.25, 0.3) is 0 Å². The predicted molar refractivity (Wildman–Crippen MR) is 99.3 cm³/mol. The van der Waals surface area contributed by atoms with Crippen LogP contribution in [0.4, 0.5) is 0 Å². The summed E-state index contributed by atoms with van der Waals surface area (Å²) in [4.78, 5) is 23.6. The van der Waals surface area contributed by atoms with Gasteiger partial charge in [-0.3, -0.25) is 9.59 Å². The molecule has 0 radical (unpaired) electrons. The summed E-state index contributed by atoms with van der Waals surface area (Å²) in [6.07, 6.45) is 4.07. The molecule has 2 N–H and O–H groups in total. The van der Waals surface area contributed by atoms with E-state index in [0.717, 1.165) is 28.9 Å². The van der Waals surface area contributed by atoms with Gasteiger partial charge < -0.3 is 5.73 Å². The van der Waals surface area contributed by atoms with E-state index in [2.05, 4.69) is 6.92 Å². The first-order valence-corrected chi connectivity index (χ1v) is 9.54. The Kier molecular flexibility index (Phi) is 10.1. The standard InChI is InChI=1S/C14H10O2S2.C4H11N/c15-9-11-5-1-3-7-13(11)17-18-14-8-4-2-6-12(14)10-16;1-2-3-4-5/h1-10H;2-5H2,1H3. The first-order valence-electron chi connectivity index (χ1n) is 7.39. The van der Waals surface area contributed by atoms with Gasteiger partial charge in [0, 0.05) is 20.9 Å². The highest BCUT2D eigenvalue weighted by molar-refractivity contribution is 8.76. The first-order chi connectivity index (χ1) is 11.3. The Hall–Kier alpha value is -1.56. The number of carbonyl (C=O) groups is 2. The summed E-state index contributed by atoms with van der Waals surface area (Å²) in [5, 5.41) is 0. The van der Waals surface area contributed by atoms with Crippen molar-refractivity contribution in [2.45, 2.75) is 29.6 Å². The van der Waals surface area contributed by atoms with Crippen LogP contribution in [0.1, 0.15) is 40.5 Å². The minimum atomic E-state index is 0.665. The lowest BCUT2D eigenvalue weighted by atomic mass is 10.2. The molecule has 0 spiro atoms. The van der Waals surface area contributed by atoms with Gasteiger partial charge in [-0.15, -0.1) is 0 Å². The quantitative estimate of drug-likeness (QED) is 0.573. The normalized spacial score (nSPS) is 9.65. The summed E-state index contributed by atoms with van der Waals surface area (Å²) < 4.78 is 0. The monoisotopic (exact) mass is 347 g/mol. The van der Waals surface area contributed by atoms with Crippen LogP contribution in [0.2, 0.25) is 0 Å². The topological polar surface area (TPSA) is 60.2 Å². The molecule has 0 aliphatic carbocycles. The van der Waals surface area contributed by atoms with E-state index in [9.17, 15) is 9.59 Å². The molecule has 0 aliphatic heterocycles. The zero-order chi connectivity index (χ0) is 16.9. The van der Waals surface area contributed by atoms with Crippen LogP contribution in [-0.4, -0.2) is 19.1 Å². The van der Waals surface area contributed by atoms with Crippen molar-refractivity contribution in [1.29, 1.82) is 0 Å². The molecular formula is C18H21NO2S2. The van der Waals surface area contributed by atoms with Gasteiger partial charge in [-0.05, 0) is 25.1 Å². The maximum atomic E-state index is 10.9. The number of benzene rings is 2. The van der Waals surface area contributed by atoms with Crippen molar-refractivity contribution < 1.29 is 9.59 Å². The molecule has 0 heterocycles. The van der Waals surface area contributed by atoms with Crippen LogP contribution in [0, 0.1) is 0 Å².